The van der Waals surface area contributed by atoms with Crippen LogP contribution in [0.2, 0.25) is 0 Å². The predicted octanol–water partition coefficient (Wildman–Crippen LogP) is 2.23. The Bertz CT molecular complexity index is 510. The highest BCUT2D eigenvalue weighted by molar-refractivity contribution is 5.92. The summed E-state index contributed by atoms with van der Waals surface area (Å²) in [6.07, 6.45) is 4.96. The minimum atomic E-state index is -0.333. The molecule has 0 bridgehead atoms. The van der Waals surface area contributed by atoms with E-state index in [4.69, 9.17) is 0 Å². The van der Waals surface area contributed by atoms with E-state index in [1.807, 2.05) is 0 Å². The lowest BCUT2D eigenvalue weighted by molar-refractivity contribution is -0.117. The zero-order valence-corrected chi connectivity index (χ0v) is 12.9. The van der Waals surface area contributed by atoms with Gasteiger partial charge in [0.2, 0.25) is 5.91 Å². The summed E-state index contributed by atoms with van der Waals surface area (Å²) in [4.78, 5) is 14.2. The van der Waals surface area contributed by atoms with Crippen LogP contribution in [0.4, 0.5) is 10.1 Å². The van der Waals surface area contributed by atoms with Crippen molar-refractivity contribution in [3.63, 3.8) is 0 Å². The van der Waals surface area contributed by atoms with Gasteiger partial charge in [0.15, 0.2) is 0 Å². The molecule has 0 radical (unpaired) electrons. The fraction of sp³-hybridized carbons (Fsp3) is 0.588. The number of amides is 1. The molecule has 2 N–H and O–H groups in total. The molecule has 5 heteroatoms. The second-order valence-corrected chi connectivity index (χ2v) is 6.46. The van der Waals surface area contributed by atoms with Gasteiger partial charge in [0.05, 0.1) is 6.54 Å². The maximum Gasteiger partial charge on any atom is 0.238 e. The van der Waals surface area contributed by atoms with Gasteiger partial charge in [-0.25, -0.2) is 4.39 Å². The summed E-state index contributed by atoms with van der Waals surface area (Å²) < 4.78 is 13.1. The topological polar surface area (TPSA) is 44.4 Å². The van der Waals surface area contributed by atoms with Crippen LogP contribution in [-0.4, -0.2) is 43.0 Å². The normalized spacial score (nSPS) is 20.0. The third-order valence-electron chi connectivity index (χ3n) is 4.46. The second-order valence-electron chi connectivity index (χ2n) is 6.46. The first-order chi connectivity index (χ1) is 10.7. The monoisotopic (exact) mass is 305 g/mol. The van der Waals surface area contributed by atoms with Gasteiger partial charge >= 0.3 is 0 Å². The Kier molecular flexibility index (Phi) is 5.05. The van der Waals surface area contributed by atoms with E-state index in [2.05, 4.69) is 15.5 Å². The zero-order chi connectivity index (χ0) is 15.4. The number of anilines is 1. The van der Waals surface area contributed by atoms with Crippen LogP contribution < -0.4 is 10.6 Å². The lowest BCUT2D eigenvalue weighted by atomic mass is 10.0. The minimum Gasteiger partial charge on any atom is -0.325 e. The standard InChI is InChI=1S/C17H24FN3O/c18-14-2-1-3-16(10-14)20-17(22)12-21-8-6-15(7-9-21)19-11-13-4-5-13/h1-3,10,13,15,19H,4-9,11-12H2,(H,20,22). The number of hydrogen-bond donors (Lipinski definition) is 2. The van der Waals surface area contributed by atoms with E-state index in [-0.39, 0.29) is 11.7 Å². The number of carbonyl (C=O) groups excluding carboxylic acids is 1. The van der Waals surface area contributed by atoms with Gasteiger partial charge in [-0.1, -0.05) is 6.07 Å². The maximum absolute atomic E-state index is 13.1. The highest BCUT2D eigenvalue weighted by Crippen LogP contribution is 2.28. The number of carbonyl (C=O) groups is 1. The summed E-state index contributed by atoms with van der Waals surface area (Å²) in [6.45, 7) is 3.42. The first-order valence-electron chi connectivity index (χ1n) is 8.20. The zero-order valence-electron chi connectivity index (χ0n) is 12.9. The van der Waals surface area contributed by atoms with Crippen molar-refractivity contribution in [1.29, 1.82) is 0 Å². The van der Waals surface area contributed by atoms with Gasteiger partial charge in [0.25, 0.3) is 0 Å². The molecule has 1 aromatic carbocycles. The Hall–Kier alpha value is -1.46. The molecule has 4 nitrogen and oxygen atoms in total. The van der Waals surface area contributed by atoms with Gasteiger partial charge in [0.1, 0.15) is 5.82 Å². The molecule has 0 unspecified atom stereocenters. The molecule has 1 saturated carbocycles. The van der Waals surface area contributed by atoms with Crippen molar-refractivity contribution in [2.45, 2.75) is 31.7 Å². The van der Waals surface area contributed by atoms with E-state index in [1.165, 1.54) is 25.0 Å². The number of hydrogen-bond acceptors (Lipinski definition) is 3. The Labute approximate surface area is 131 Å². The van der Waals surface area contributed by atoms with Crippen LogP contribution in [0.15, 0.2) is 24.3 Å². The quantitative estimate of drug-likeness (QED) is 0.847. The van der Waals surface area contributed by atoms with Crippen molar-refractivity contribution in [2.24, 2.45) is 5.92 Å². The Morgan fingerprint density at radius 1 is 1.23 bits per heavy atom. The van der Waals surface area contributed by atoms with Crippen LogP contribution in [-0.2, 0) is 4.79 Å². The molecule has 2 fully saturated rings. The molecule has 1 aliphatic carbocycles. The van der Waals surface area contributed by atoms with E-state index >= 15 is 0 Å². The average molecular weight is 305 g/mol. The van der Waals surface area contributed by atoms with Crippen LogP contribution in [0, 0.1) is 11.7 Å². The first-order valence-corrected chi connectivity index (χ1v) is 8.20. The summed E-state index contributed by atoms with van der Waals surface area (Å²) in [5.41, 5.74) is 0.519. The highest BCUT2D eigenvalue weighted by Gasteiger charge is 2.24. The molecule has 2 aliphatic rings. The van der Waals surface area contributed by atoms with Crippen molar-refractivity contribution in [3.05, 3.63) is 30.1 Å². The molecule has 0 spiro atoms. The molecule has 1 aliphatic heterocycles. The van der Waals surface area contributed by atoms with Crippen LogP contribution in [0.3, 0.4) is 0 Å². The second kappa shape index (κ2) is 7.20. The maximum atomic E-state index is 13.1. The molecule has 22 heavy (non-hydrogen) atoms. The van der Waals surface area contributed by atoms with Crippen molar-refractivity contribution in [1.82, 2.24) is 10.2 Å². The van der Waals surface area contributed by atoms with Crippen LogP contribution >= 0.6 is 0 Å². The van der Waals surface area contributed by atoms with E-state index in [0.29, 0.717) is 18.3 Å². The Balaban J connectivity index is 1.37. The number of piperidine rings is 1. The molecule has 1 aromatic rings. The number of rotatable bonds is 6. The molecule has 0 aromatic heterocycles. The summed E-state index contributed by atoms with van der Waals surface area (Å²) in [7, 11) is 0. The van der Waals surface area contributed by atoms with E-state index < -0.39 is 0 Å². The largest absolute Gasteiger partial charge is 0.325 e. The summed E-state index contributed by atoms with van der Waals surface area (Å²) in [5, 5.41) is 6.39. The molecular formula is C17H24FN3O. The third kappa shape index (κ3) is 4.78. The van der Waals surface area contributed by atoms with Crippen LogP contribution in [0.25, 0.3) is 0 Å². The number of halogens is 1. The van der Waals surface area contributed by atoms with Gasteiger partial charge < -0.3 is 10.6 Å². The molecule has 1 amide bonds. The number of likely N-dealkylation sites (tertiary alicyclic amines) is 1. The number of benzene rings is 1. The fourth-order valence-electron chi connectivity index (χ4n) is 2.92. The number of nitrogens with one attached hydrogen (secondary N) is 2. The van der Waals surface area contributed by atoms with E-state index in [1.54, 1.807) is 12.1 Å². The van der Waals surface area contributed by atoms with Gasteiger partial charge in [0, 0.05) is 24.8 Å². The van der Waals surface area contributed by atoms with Crippen LogP contribution in [0.1, 0.15) is 25.7 Å². The van der Waals surface area contributed by atoms with Crippen LogP contribution in [0.5, 0.6) is 0 Å². The molecule has 1 saturated heterocycles. The molecule has 120 valence electrons. The summed E-state index contributed by atoms with van der Waals surface area (Å²) in [6, 6.07) is 6.61. The van der Waals surface area contributed by atoms with E-state index in [9.17, 15) is 9.18 Å². The molecule has 0 atom stereocenters. The van der Waals surface area contributed by atoms with Gasteiger partial charge in [-0.05, 0) is 56.3 Å². The highest BCUT2D eigenvalue weighted by atomic mass is 19.1. The van der Waals surface area contributed by atoms with Crippen molar-refractivity contribution < 1.29 is 9.18 Å². The lowest BCUT2D eigenvalue weighted by Crippen LogP contribution is -2.45. The summed E-state index contributed by atoms with van der Waals surface area (Å²) >= 11 is 0. The smallest absolute Gasteiger partial charge is 0.238 e. The SMILES string of the molecule is O=C(CN1CCC(NCC2CC2)CC1)Nc1cccc(F)c1. The van der Waals surface area contributed by atoms with Gasteiger partial charge in [-0.15, -0.1) is 0 Å². The Morgan fingerprint density at radius 3 is 2.68 bits per heavy atom. The van der Waals surface area contributed by atoms with Gasteiger partial charge in [-0.3, -0.25) is 9.69 Å². The molecule has 1 heterocycles. The summed E-state index contributed by atoms with van der Waals surface area (Å²) in [5.74, 6) is 0.505. The molecule has 3 rings (SSSR count). The predicted molar refractivity (Wildman–Crippen MR) is 85.2 cm³/mol. The van der Waals surface area contributed by atoms with Crippen molar-refractivity contribution in [2.75, 3.05) is 31.5 Å². The minimum absolute atomic E-state index is 0.0741. The Morgan fingerprint density at radius 2 is 2.00 bits per heavy atom. The third-order valence-corrected chi connectivity index (χ3v) is 4.46. The van der Waals surface area contributed by atoms with Crippen molar-refractivity contribution >= 4 is 11.6 Å². The average Bonchev–Trinajstić information content (AvgIpc) is 3.31. The lowest BCUT2D eigenvalue weighted by Gasteiger charge is -2.32. The fourth-order valence-corrected chi connectivity index (χ4v) is 2.92. The first kappa shape index (κ1) is 15.4. The number of nitrogens with zero attached hydrogens (tertiary/aromatic N) is 1. The van der Waals surface area contributed by atoms with Gasteiger partial charge in [-0.2, -0.15) is 0 Å². The molecular weight excluding hydrogens is 281 g/mol. The van der Waals surface area contributed by atoms with E-state index in [0.717, 1.165) is 38.4 Å². The van der Waals surface area contributed by atoms with Crippen molar-refractivity contribution in [3.8, 4) is 0 Å².